The SMILES string of the molecule is C=C1C=C([N+](=O)[O-])C[C@@H](N)C=C1C. The van der Waals surface area contributed by atoms with Crippen LogP contribution in [0.3, 0.4) is 0 Å². The summed E-state index contributed by atoms with van der Waals surface area (Å²) in [6, 6.07) is -0.282. The van der Waals surface area contributed by atoms with Crippen molar-refractivity contribution in [1.29, 1.82) is 0 Å². The van der Waals surface area contributed by atoms with Gasteiger partial charge in [-0.15, -0.1) is 0 Å². The third-order valence-electron chi connectivity index (χ3n) is 1.99. The minimum atomic E-state index is -0.405. The molecule has 13 heavy (non-hydrogen) atoms. The molecule has 0 unspecified atom stereocenters. The summed E-state index contributed by atoms with van der Waals surface area (Å²) in [4.78, 5) is 10.1. The van der Waals surface area contributed by atoms with Gasteiger partial charge in [-0.25, -0.2) is 0 Å². The third kappa shape index (κ3) is 2.26. The van der Waals surface area contributed by atoms with Crippen LogP contribution in [-0.4, -0.2) is 11.0 Å². The molecule has 0 aromatic rings. The Bertz CT molecular complexity index is 316. The van der Waals surface area contributed by atoms with Gasteiger partial charge in [0.05, 0.1) is 11.3 Å². The molecule has 0 aromatic heterocycles. The molecule has 1 rings (SSSR count). The van der Waals surface area contributed by atoms with Crippen molar-refractivity contribution < 1.29 is 4.92 Å². The summed E-state index contributed by atoms with van der Waals surface area (Å²) in [5.41, 5.74) is 7.36. The number of nitrogens with two attached hydrogens (primary N) is 1. The summed E-state index contributed by atoms with van der Waals surface area (Å²) in [6.45, 7) is 5.57. The van der Waals surface area contributed by atoms with Crippen LogP contribution in [-0.2, 0) is 0 Å². The summed E-state index contributed by atoms with van der Waals surface area (Å²) >= 11 is 0. The lowest BCUT2D eigenvalue weighted by Crippen LogP contribution is -2.19. The average molecular weight is 180 g/mol. The van der Waals surface area contributed by atoms with Gasteiger partial charge in [-0.2, -0.15) is 0 Å². The molecule has 0 fully saturated rings. The van der Waals surface area contributed by atoms with E-state index in [2.05, 4.69) is 6.58 Å². The Morgan fingerprint density at radius 1 is 1.77 bits per heavy atom. The molecule has 1 aliphatic carbocycles. The second kappa shape index (κ2) is 3.53. The molecule has 4 heteroatoms. The van der Waals surface area contributed by atoms with Gasteiger partial charge in [-0.3, -0.25) is 10.1 Å². The molecular formula is C9H12N2O2. The molecule has 0 radical (unpaired) electrons. The summed E-state index contributed by atoms with van der Waals surface area (Å²) in [6.07, 6.45) is 3.55. The first-order valence-corrected chi connectivity index (χ1v) is 3.99. The zero-order chi connectivity index (χ0) is 10.0. The number of hydrogen-bond donors (Lipinski definition) is 1. The second-order valence-electron chi connectivity index (χ2n) is 3.14. The predicted molar refractivity (Wildman–Crippen MR) is 50.6 cm³/mol. The summed E-state index contributed by atoms with van der Waals surface area (Å²) in [5.74, 6) is 0. The molecule has 0 heterocycles. The highest BCUT2D eigenvalue weighted by molar-refractivity contribution is 5.39. The Morgan fingerprint density at radius 3 is 2.92 bits per heavy atom. The van der Waals surface area contributed by atoms with Gasteiger partial charge in [0.2, 0.25) is 5.70 Å². The smallest absolute Gasteiger partial charge is 0.248 e. The van der Waals surface area contributed by atoms with Crippen molar-refractivity contribution in [2.24, 2.45) is 5.73 Å². The minimum absolute atomic E-state index is 0.130. The molecule has 0 aromatic carbocycles. The highest BCUT2D eigenvalue weighted by atomic mass is 16.6. The van der Waals surface area contributed by atoms with Crippen LogP contribution in [0, 0.1) is 10.1 Å². The fourth-order valence-electron chi connectivity index (χ4n) is 1.23. The Labute approximate surface area is 76.6 Å². The zero-order valence-corrected chi connectivity index (χ0v) is 7.49. The van der Waals surface area contributed by atoms with Crippen LogP contribution < -0.4 is 5.73 Å². The molecule has 0 saturated heterocycles. The molecule has 0 spiro atoms. The van der Waals surface area contributed by atoms with E-state index in [1.165, 1.54) is 6.08 Å². The first-order valence-electron chi connectivity index (χ1n) is 3.99. The maximum atomic E-state index is 10.5. The Morgan fingerprint density at radius 2 is 2.38 bits per heavy atom. The third-order valence-corrected chi connectivity index (χ3v) is 1.99. The van der Waals surface area contributed by atoms with Crippen LogP contribution in [0.4, 0.5) is 0 Å². The van der Waals surface area contributed by atoms with Gasteiger partial charge in [0.15, 0.2) is 0 Å². The van der Waals surface area contributed by atoms with E-state index in [1.54, 1.807) is 6.08 Å². The zero-order valence-electron chi connectivity index (χ0n) is 7.49. The normalized spacial score (nSPS) is 23.2. The largest absolute Gasteiger partial charge is 0.324 e. The van der Waals surface area contributed by atoms with Gasteiger partial charge in [0.1, 0.15) is 0 Å². The summed E-state index contributed by atoms with van der Waals surface area (Å²) < 4.78 is 0. The maximum absolute atomic E-state index is 10.5. The number of rotatable bonds is 1. The molecular weight excluding hydrogens is 168 g/mol. The van der Waals surface area contributed by atoms with Gasteiger partial charge in [-0.1, -0.05) is 12.7 Å². The van der Waals surface area contributed by atoms with Crippen molar-refractivity contribution in [3.63, 3.8) is 0 Å². The van der Waals surface area contributed by atoms with E-state index in [-0.39, 0.29) is 18.2 Å². The first-order chi connectivity index (χ1) is 6.00. The van der Waals surface area contributed by atoms with Crippen LogP contribution in [0.1, 0.15) is 13.3 Å². The molecule has 0 bridgehead atoms. The topological polar surface area (TPSA) is 69.2 Å². The van der Waals surface area contributed by atoms with E-state index in [4.69, 9.17) is 5.73 Å². The Kier molecular flexibility index (Phi) is 2.63. The molecule has 1 atom stereocenters. The lowest BCUT2D eigenvalue weighted by molar-refractivity contribution is -0.428. The maximum Gasteiger partial charge on any atom is 0.248 e. The van der Waals surface area contributed by atoms with Gasteiger partial charge in [-0.05, 0) is 18.1 Å². The monoisotopic (exact) mass is 180 g/mol. The number of allylic oxidation sites excluding steroid dienone is 3. The fraction of sp³-hybridized carbons (Fsp3) is 0.333. The van der Waals surface area contributed by atoms with Crippen molar-refractivity contribution in [3.05, 3.63) is 45.7 Å². The highest BCUT2D eigenvalue weighted by Gasteiger charge is 2.18. The Hall–Kier alpha value is -1.42. The molecule has 0 saturated carbocycles. The van der Waals surface area contributed by atoms with E-state index in [1.807, 2.05) is 6.92 Å². The Balaban J connectivity index is 3.01. The number of nitrogens with zero attached hydrogens (tertiary/aromatic N) is 1. The quantitative estimate of drug-likeness (QED) is 0.489. The van der Waals surface area contributed by atoms with Gasteiger partial charge in [0.25, 0.3) is 0 Å². The van der Waals surface area contributed by atoms with Crippen molar-refractivity contribution >= 4 is 0 Å². The van der Waals surface area contributed by atoms with Crippen molar-refractivity contribution in [1.82, 2.24) is 0 Å². The number of hydrogen-bond acceptors (Lipinski definition) is 3. The molecule has 0 amide bonds. The summed E-state index contributed by atoms with van der Waals surface area (Å²) in [5, 5.41) is 10.5. The molecule has 1 aliphatic rings. The van der Waals surface area contributed by atoms with Gasteiger partial charge in [0, 0.05) is 12.1 Å². The van der Waals surface area contributed by atoms with Crippen molar-refractivity contribution in [2.75, 3.05) is 0 Å². The molecule has 0 aliphatic heterocycles. The van der Waals surface area contributed by atoms with Gasteiger partial charge < -0.3 is 5.73 Å². The van der Waals surface area contributed by atoms with Crippen LogP contribution in [0.5, 0.6) is 0 Å². The molecule has 4 nitrogen and oxygen atoms in total. The van der Waals surface area contributed by atoms with Crippen LogP contribution in [0.25, 0.3) is 0 Å². The van der Waals surface area contributed by atoms with Crippen LogP contribution in [0.2, 0.25) is 0 Å². The van der Waals surface area contributed by atoms with Crippen molar-refractivity contribution in [2.45, 2.75) is 19.4 Å². The van der Waals surface area contributed by atoms with Crippen LogP contribution >= 0.6 is 0 Å². The lowest BCUT2D eigenvalue weighted by atomic mass is 10.1. The van der Waals surface area contributed by atoms with E-state index < -0.39 is 4.92 Å². The van der Waals surface area contributed by atoms with E-state index in [0.717, 1.165) is 5.57 Å². The fourth-order valence-corrected chi connectivity index (χ4v) is 1.23. The minimum Gasteiger partial charge on any atom is -0.324 e. The van der Waals surface area contributed by atoms with Gasteiger partial charge >= 0.3 is 0 Å². The van der Waals surface area contributed by atoms with E-state index in [9.17, 15) is 10.1 Å². The predicted octanol–water partition coefficient (Wildman–Crippen LogP) is 1.38. The second-order valence-corrected chi connectivity index (χ2v) is 3.14. The van der Waals surface area contributed by atoms with Crippen LogP contribution in [0.15, 0.2) is 35.6 Å². The first kappa shape index (κ1) is 9.67. The molecule has 70 valence electrons. The standard InChI is InChI=1S/C9H12N2O2/c1-6-3-8(10)5-9(11(12)13)4-7(6)2/h3-4,8H,2,5,10H2,1H3/t8-/m0/s1. The van der Waals surface area contributed by atoms with E-state index >= 15 is 0 Å². The number of nitro groups is 1. The molecule has 2 N–H and O–H groups in total. The summed E-state index contributed by atoms with van der Waals surface area (Å²) in [7, 11) is 0. The lowest BCUT2D eigenvalue weighted by Gasteiger charge is -2.01. The highest BCUT2D eigenvalue weighted by Crippen LogP contribution is 2.19. The average Bonchev–Trinajstić information content (AvgIpc) is 2.12. The van der Waals surface area contributed by atoms with E-state index in [0.29, 0.717) is 5.57 Å². The van der Waals surface area contributed by atoms with Crippen molar-refractivity contribution in [3.8, 4) is 0 Å².